The maximum atomic E-state index is 13.6. The molecule has 1 aliphatic heterocycles. The third kappa shape index (κ3) is 5.73. The summed E-state index contributed by atoms with van der Waals surface area (Å²) >= 11 is 0. The molecular weight excluding hydrogens is 562 g/mol. The highest BCUT2D eigenvalue weighted by Crippen LogP contribution is 2.39. The summed E-state index contributed by atoms with van der Waals surface area (Å²) in [5, 5.41) is 12.8. The third-order valence-corrected chi connectivity index (χ3v) is 7.56. The molecule has 1 unspecified atom stereocenters. The molecule has 44 heavy (non-hydrogen) atoms. The van der Waals surface area contributed by atoms with Gasteiger partial charge < -0.3 is 19.8 Å². The zero-order valence-electron chi connectivity index (χ0n) is 25.0. The molecule has 2 amide bonds. The molecule has 1 fully saturated rings. The molecule has 6 rings (SSSR count). The highest BCUT2D eigenvalue weighted by Gasteiger charge is 2.32. The normalized spacial score (nSPS) is 15.0. The number of aryl methyl sites for hydroxylation is 1. The number of amides is 2. The monoisotopic (exact) mass is 595 g/mol. The first-order chi connectivity index (χ1) is 21.1. The first-order valence-electron chi connectivity index (χ1n) is 14.3. The lowest BCUT2D eigenvalue weighted by Crippen LogP contribution is -2.50. The largest absolute Gasteiger partial charge is 0.436 e. The number of primary amides is 1. The molecule has 2 aromatic carbocycles. The minimum atomic E-state index is -0.905. The standard InChI is InChI=1S/C31H33N9O4/c1-31(2,3)24-22(44-30(32)42)10-11-23-25(24)34-28(43-23)20-12-13-33-21(18-20)29(41)40-16-14-39(15-17-40)26(19-8-6-5-7-9-19)27-35-37-38(4)36-27/h5-13,18,26H,14-17H2,1-4H3,(H2,32,42). The Morgan fingerprint density at radius 3 is 2.43 bits per heavy atom. The Morgan fingerprint density at radius 1 is 1.02 bits per heavy atom. The number of pyridine rings is 1. The van der Waals surface area contributed by atoms with Crippen LogP contribution in [0.15, 0.2) is 65.2 Å². The van der Waals surface area contributed by atoms with Crippen molar-refractivity contribution in [2.45, 2.75) is 32.2 Å². The van der Waals surface area contributed by atoms with Crippen molar-refractivity contribution in [2.24, 2.45) is 12.8 Å². The Balaban J connectivity index is 1.22. The van der Waals surface area contributed by atoms with E-state index in [-0.39, 0.29) is 11.9 Å². The fourth-order valence-corrected chi connectivity index (χ4v) is 5.61. The molecule has 0 aliphatic carbocycles. The number of nitrogens with two attached hydrogens (primary N) is 1. The maximum Gasteiger partial charge on any atom is 0.409 e. The number of aromatic nitrogens is 6. The van der Waals surface area contributed by atoms with Crippen LogP contribution in [-0.4, -0.2) is 78.2 Å². The summed E-state index contributed by atoms with van der Waals surface area (Å²) in [6.07, 6.45) is 0.670. The second-order valence-electron chi connectivity index (χ2n) is 11.7. The van der Waals surface area contributed by atoms with Crippen LogP contribution in [-0.2, 0) is 12.5 Å². The number of carbonyl (C=O) groups excluding carboxylic acids is 2. The molecular formula is C31H33N9O4. The number of oxazole rings is 1. The average molecular weight is 596 g/mol. The summed E-state index contributed by atoms with van der Waals surface area (Å²) < 4.78 is 11.4. The van der Waals surface area contributed by atoms with Crippen LogP contribution >= 0.6 is 0 Å². The molecule has 5 aromatic rings. The molecule has 226 valence electrons. The molecule has 2 N–H and O–H groups in total. The van der Waals surface area contributed by atoms with E-state index in [0.29, 0.717) is 71.6 Å². The lowest BCUT2D eigenvalue weighted by atomic mass is 9.85. The summed E-state index contributed by atoms with van der Waals surface area (Å²) in [5.41, 5.74) is 8.60. The average Bonchev–Trinajstić information content (AvgIpc) is 3.63. The van der Waals surface area contributed by atoms with Crippen molar-refractivity contribution in [1.82, 2.24) is 40.0 Å². The molecule has 1 aliphatic rings. The smallest absolute Gasteiger partial charge is 0.409 e. The summed E-state index contributed by atoms with van der Waals surface area (Å²) in [6, 6.07) is 16.7. The Kier molecular flexibility index (Phi) is 7.55. The maximum absolute atomic E-state index is 13.6. The number of fused-ring (bicyclic) bond motifs is 1. The van der Waals surface area contributed by atoms with Crippen LogP contribution in [0.1, 0.15) is 54.3 Å². The number of nitrogens with zero attached hydrogens (tertiary/aromatic N) is 8. The lowest BCUT2D eigenvalue weighted by molar-refractivity contribution is 0.0586. The highest BCUT2D eigenvalue weighted by atomic mass is 16.5. The molecule has 0 spiro atoms. The molecule has 3 aromatic heterocycles. The molecule has 0 radical (unpaired) electrons. The van der Waals surface area contributed by atoms with E-state index >= 15 is 0 Å². The van der Waals surface area contributed by atoms with Crippen LogP contribution in [0.3, 0.4) is 0 Å². The summed E-state index contributed by atoms with van der Waals surface area (Å²) in [4.78, 5) is 39.8. The van der Waals surface area contributed by atoms with E-state index in [0.717, 1.165) is 5.56 Å². The summed E-state index contributed by atoms with van der Waals surface area (Å²) in [5.74, 6) is 1.09. The quantitative estimate of drug-likeness (QED) is 0.307. The van der Waals surface area contributed by atoms with Crippen molar-refractivity contribution in [3.63, 3.8) is 0 Å². The van der Waals surface area contributed by atoms with Crippen molar-refractivity contribution in [3.8, 4) is 17.2 Å². The molecule has 13 nitrogen and oxygen atoms in total. The van der Waals surface area contributed by atoms with Gasteiger partial charge in [0.05, 0.1) is 13.1 Å². The first-order valence-corrected chi connectivity index (χ1v) is 14.3. The van der Waals surface area contributed by atoms with Gasteiger partial charge >= 0.3 is 6.09 Å². The summed E-state index contributed by atoms with van der Waals surface area (Å²) in [7, 11) is 1.75. The van der Waals surface area contributed by atoms with Gasteiger partial charge in [0.25, 0.3) is 5.91 Å². The van der Waals surface area contributed by atoms with E-state index in [1.165, 1.54) is 4.80 Å². The van der Waals surface area contributed by atoms with Crippen LogP contribution in [0.5, 0.6) is 5.75 Å². The number of ether oxygens (including phenoxy) is 1. The molecule has 4 heterocycles. The second kappa shape index (κ2) is 11.5. The van der Waals surface area contributed by atoms with Crippen LogP contribution < -0.4 is 10.5 Å². The van der Waals surface area contributed by atoms with Gasteiger partial charge in [-0.2, -0.15) is 4.80 Å². The van der Waals surface area contributed by atoms with Crippen molar-refractivity contribution in [3.05, 3.63) is 83.4 Å². The molecule has 0 bridgehead atoms. The molecule has 13 heteroatoms. The van der Waals surface area contributed by atoms with E-state index in [1.807, 2.05) is 39.0 Å². The van der Waals surface area contributed by atoms with Crippen molar-refractivity contribution < 1.29 is 18.7 Å². The van der Waals surface area contributed by atoms with E-state index in [9.17, 15) is 9.59 Å². The topological polar surface area (TPSA) is 158 Å². The van der Waals surface area contributed by atoms with Gasteiger partial charge in [-0.05, 0) is 40.5 Å². The number of tetrazole rings is 1. The minimum absolute atomic E-state index is 0.172. The zero-order valence-corrected chi connectivity index (χ0v) is 25.0. The van der Waals surface area contributed by atoms with Gasteiger partial charge in [-0.3, -0.25) is 14.7 Å². The molecule has 1 atom stereocenters. The minimum Gasteiger partial charge on any atom is -0.436 e. The zero-order chi connectivity index (χ0) is 31.0. The first kappa shape index (κ1) is 28.9. The number of carbonyl (C=O) groups is 2. The van der Waals surface area contributed by atoms with Gasteiger partial charge in [0.15, 0.2) is 11.4 Å². The number of hydrogen-bond acceptors (Lipinski definition) is 10. The van der Waals surface area contributed by atoms with Crippen LogP contribution in [0.25, 0.3) is 22.6 Å². The Hall–Kier alpha value is -5.17. The van der Waals surface area contributed by atoms with E-state index in [2.05, 4.69) is 37.4 Å². The Bertz CT molecular complexity index is 1820. The van der Waals surface area contributed by atoms with Gasteiger partial charge in [0.2, 0.25) is 5.89 Å². The van der Waals surface area contributed by atoms with E-state index in [1.54, 1.807) is 42.4 Å². The Morgan fingerprint density at radius 2 is 1.77 bits per heavy atom. The van der Waals surface area contributed by atoms with Gasteiger partial charge in [0.1, 0.15) is 17.0 Å². The van der Waals surface area contributed by atoms with Gasteiger partial charge in [0, 0.05) is 43.5 Å². The number of benzene rings is 2. The predicted molar refractivity (Wildman–Crippen MR) is 161 cm³/mol. The van der Waals surface area contributed by atoms with Gasteiger partial charge in [-0.1, -0.05) is 51.1 Å². The van der Waals surface area contributed by atoms with Gasteiger partial charge in [-0.15, -0.1) is 10.2 Å². The summed E-state index contributed by atoms with van der Waals surface area (Å²) in [6.45, 7) is 8.22. The predicted octanol–water partition coefficient (Wildman–Crippen LogP) is 3.72. The fraction of sp³-hybridized carbons (Fsp3) is 0.323. The van der Waals surface area contributed by atoms with Gasteiger partial charge in [-0.25, -0.2) is 9.78 Å². The molecule has 1 saturated heterocycles. The van der Waals surface area contributed by atoms with E-state index < -0.39 is 11.5 Å². The van der Waals surface area contributed by atoms with Crippen LogP contribution in [0, 0.1) is 0 Å². The number of piperazine rings is 1. The highest BCUT2D eigenvalue weighted by molar-refractivity contribution is 5.93. The fourth-order valence-electron chi connectivity index (χ4n) is 5.61. The SMILES string of the molecule is Cn1nnc(C(c2ccccc2)N2CCN(C(=O)c3cc(-c4nc5c(C(C)(C)C)c(OC(N)=O)ccc5o4)ccn3)CC2)n1. The molecule has 0 saturated carbocycles. The van der Waals surface area contributed by atoms with E-state index in [4.69, 9.17) is 19.9 Å². The van der Waals surface area contributed by atoms with Crippen LogP contribution in [0.2, 0.25) is 0 Å². The second-order valence-corrected chi connectivity index (χ2v) is 11.7. The number of hydrogen-bond donors (Lipinski definition) is 1. The third-order valence-electron chi connectivity index (χ3n) is 7.56. The number of rotatable bonds is 6. The lowest BCUT2D eigenvalue weighted by Gasteiger charge is -2.38. The van der Waals surface area contributed by atoms with Crippen LogP contribution in [0.4, 0.5) is 4.79 Å². The Labute approximate surface area is 253 Å². The van der Waals surface area contributed by atoms with Crippen molar-refractivity contribution in [1.29, 1.82) is 0 Å². The van der Waals surface area contributed by atoms with Crippen molar-refractivity contribution >= 4 is 23.1 Å². The van der Waals surface area contributed by atoms with Crippen molar-refractivity contribution in [2.75, 3.05) is 26.2 Å².